The Balaban J connectivity index is 2.20. The number of hydrogen-bond acceptors (Lipinski definition) is 6. The number of fused-ring (bicyclic) bond motifs is 1. The smallest absolute Gasteiger partial charge is 0.190 e. The molecular formula is C18H19ClFN7S. The van der Waals surface area contributed by atoms with Crippen LogP contribution < -0.4 is 4.90 Å². The standard InChI is InChI=1S/C18H19ClFN7S/c1-3-12-13-15(14(20)16(19)23-12)24-18(28-4-2)25-17(13)27-10-6-5-7-11(27)8-9-22-26-21/h1,11H,4-10H2,2H3. The van der Waals surface area contributed by atoms with E-state index in [9.17, 15) is 4.39 Å². The third kappa shape index (κ3) is 4.09. The van der Waals surface area contributed by atoms with Gasteiger partial charge >= 0.3 is 0 Å². The lowest BCUT2D eigenvalue weighted by atomic mass is 9.98. The monoisotopic (exact) mass is 419 g/mol. The van der Waals surface area contributed by atoms with E-state index in [2.05, 4.69) is 30.8 Å². The van der Waals surface area contributed by atoms with E-state index in [1.165, 1.54) is 11.8 Å². The molecule has 2 aromatic rings. The van der Waals surface area contributed by atoms with Crippen molar-refractivity contribution in [2.45, 2.75) is 43.8 Å². The topological polar surface area (TPSA) is 90.7 Å². The molecule has 146 valence electrons. The fraction of sp³-hybridized carbons (Fsp3) is 0.500. The van der Waals surface area contributed by atoms with Crippen LogP contribution >= 0.6 is 23.4 Å². The lowest BCUT2D eigenvalue weighted by molar-refractivity contribution is 0.438. The first-order chi connectivity index (χ1) is 13.6. The van der Waals surface area contributed by atoms with Crippen LogP contribution in [0, 0.1) is 18.2 Å². The number of anilines is 1. The summed E-state index contributed by atoms with van der Waals surface area (Å²) in [4.78, 5) is 18.0. The highest BCUT2D eigenvalue weighted by molar-refractivity contribution is 7.99. The molecule has 0 aliphatic carbocycles. The van der Waals surface area contributed by atoms with Gasteiger partial charge in [-0.25, -0.2) is 19.3 Å². The van der Waals surface area contributed by atoms with Crippen molar-refractivity contribution in [3.05, 3.63) is 27.1 Å². The molecule has 0 radical (unpaired) electrons. The Morgan fingerprint density at radius 3 is 2.96 bits per heavy atom. The predicted octanol–water partition coefficient (Wildman–Crippen LogP) is 4.97. The third-order valence-electron chi connectivity index (χ3n) is 4.64. The Labute approximate surface area is 171 Å². The van der Waals surface area contributed by atoms with Crippen LogP contribution in [0.4, 0.5) is 10.2 Å². The molecule has 1 fully saturated rings. The summed E-state index contributed by atoms with van der Waals surface area (Å²) in [6.07, 6.45) is 9.29. The second kappa shape index (κ2) is 9.28. The molecule has 1 unspecified atom stereocenters. The van der Waals surface area contributed by atoms with Crippen molar-refractivity contribution >= 4 is 40.1 Å². The quantitative estimate of drug-likeness (QED) is 0.125. The highest BCUT2D eigenvalue weighted by Gasteiger charge is 2.28. The fourth-order valence-electron chi connectivity index (χ4n) is 3.44. The summed E-state index contributed by atoms with van der Waals surface area (Å²) in [7, 11) is 0. The Bertz CT molecular complexity index is 971. The highest BCUT2D eigenvalue weighted by Crippen LogP contribution is 2.36. The van der Waals surface area contributed by atoms with Crippen molar-refractivity contribution in [1.82, 2.24) is 15.0 Å². The minimum atomic E-state index is -0.695. The summed E-state index contributed by atoms with van der Waals surface area (Å²) < 4.78 is 14.8. The second-order valence-corrected chi connectivity index (χ2v) is 7.87. The molecule has 0 aromatic carbocycles. The molecule has 1 aliphatic rings. The van der Waals surface area contributed by atoms with Crippen LogP contribution in [-0.4, -0.2) is 39.8 Å². The van der Waals surface area contributed by atoms with E-state index in [1.54, 1.807) is 0 Å². The summed E-state index contributed by atoms with van der Waals surface area (Å²) >= 11 is 7.37. The van der Waals surface area contributed by atoms with E-state index in [1.807, 2.05) is 6.92 Å². The lowest BCUT2D eigenvalue weighted by Gasteiger charge is -2.37. The Hall–Kier alpha value is -2.27. The van der Waals surface area contributed by atoms with E-state index in [0.29, 0.717) is 29.3 Å². The molecule has 0 spiro atoms. The largest absolute Gasteiger partial charge is 0.353 e. The summed E-state index contributed by atoms with van der Waals surface area (Å²) in [5.41, 5.74) is 8.89. The van der Waals surface area contributed by atoms with Crippen molar-refractivity contribution in [2.24, 2.45) is 5.11 Å². The molecular weight excluding hydrogens is 401 g/mol. The van der Waals surface area contributed by atoms with Gasteiger partial charge in [0, 0.05) is 24.0 Å². The van der Waals surface area contributed by atoms with Crippen LogP contribution in [-0.2, 0) is 0 Å². The van der Waals surface area contributed by atoms with Gasteiger partial charge in [-0.2, -0.15) is 0 Å². The molecule has 1 atom stereocenters. The lowest BCUT2D eigenvalue weighted by Crippen LogP contribution is -2.41. The highest BCUT2D eigenvalue weighted by atomic mass is 35.5. The summed E-state index contributed by atoms with van der Waals surface area (Å²) in [5, 5.41) is 4.23. The molecule has 0 bridgehead atoms. The number of nitrogens with zero attached hydrogens (tertiary/aromatic N) is 7. The van der Waals surface area contributed by atoms with Gasteiger partial charge in [0.1, 0.15) is 17.0 Å². The molecule has 10 heteroatoms. The first-order valence-corrected chi connectivity index (χ1v) is 10.4. The minimum absolute atomic E-state index is 0.0910. The van der Waals surface area contributed by atoms with Crippen LogP contribution in [0.5, 0.6) is 0 Å². The van der Waals surface area contributed by atoms with Gasteiger partial charge in [-0.15, -0.1) is 6.42 Å². The van der Waals surface area contributed by atoms with Crippen LogP contribution in [0.3, 0.4) is 0 Å². The average Bonchev–Trinajstić information content (AvgIpc) is 2.71. The summed E-state index contributed by atoms with van der Waals surface area (Å²) in [6, 6.07) is 0.112. The average molecular weight is 420 g/mol. The van der Waals surface area contributed by atoms with Crippen molar-refractivity contribution in [3.63, 3.8) is 0 Å². The molecule has 0 N–H and O–H groups in total. The van der Waals surface area contributed by atoms with Crippen LogP contribution in [0.25, 0.3) is 21.3 Å². The number of rotatable bonds is 6. The third-order valence-corrected chi connectivity index (χ3v) is 5.62. The van der Waals surface area contributed by atoms with Gasteiger partial charge in [0.25, 0.3) is 0 Å². The van der Waals surface area contributed by atoms with Crippen molar-refractivity contribution in [2.75, 3.05) is 23.7 Å². The number of azide groups is 1. The molecule has 28 heavy (non-hydrogen) atoms. The summed E-state index contributed by atoms with van der Waals surface area (Å²) in [5.74, 6) is 3.11. The van der Waals surface area contributed by atoms with E-state index in [-0.39, 0.29) is 22.4 Å². The van der Waals surface area contributed by atoms with Gasteiger partial charge in [-0.1, -0.05) is 35.4 Å². The molecule has 7 nitrogen and oxygen atoms in total. The molecule has 0 amide bonds. The van der Waals surface area contributed by atoms with E-state index >= 15 is 0 Å². The maximum Gasteiger partial charge on any atom is 0.190 e. The van der Waals surface area contributed by atoms with Gasteiger partial charge in [-0.05, 0) is 42.9 Å². The van der Waals surface area contributed by atoms with Crippen LogP contribution in [0.15, 0.2) is 10.3 Å². The van der Waals surface area contributed by atoms with Gasteiger partial charge in [0.15, 0.2) is 16.1 Å². The van der Waals surface area contributed by atoms with Gasteiger partial charge in [0.05, 0.1) is 5.39 Å². The van der Waals surface area contributed by atoms with Crippen LogP contribution in [0.2, 0.25) is 5.15 Å². The number of thioether (sulfide) groups is 1. The molecule has 1 aliphatic heterocycles. The molecule has 1 saturated heterocycles. The molecule has 3 rings (SSSR count). The van der Waals surface area contributed by atoms with Gasteiger partial charge in [-0.3, -0.25) is 0 Å². The molecule has 0 saturated carbocycles. The maximum atomic E-state index is 14.8. The molecule has 2 aromatic heterocycles. The number of terminal acetylenes is 1. The molecule has 3 heterocycles. The zero-order valence-electron chi connectivity index (χ0n) is 15.4. The normalized spacial score (nSPS) is 16.6. The van der Waals surface area contributed by atoms with Gasteiger partial charge in [0.2, 0.25) is 0 Å². The van der Waals surface area contributed by atoms with E-state index in [0.717, 1.165) is 31.6 Å². The maximum absolute atomic E-state index is 14.8. The Morgan fingerprint density at radius 1 is 1.43 bits per heavy atom. The number of aromatic nitrogens is 3. The number of pyridine rings is 1. The van der Waals surface area contributed by atoms with Crippen molar-refractivity contribution < 1.29 is 4.39 Å². The predicted molar refractivity (Wildman–Crippen MR) is 110 cm³/mol. The minimum Gasteiger partial charge on any atom is -0.353 e. The van der Waals surface area contributed by atoms with Crippen LogP contribution in [0.1, 0.15) is 38.3 Å². The SMILES string of the molecule is C#Cc1nc(Cl)c(F)c2nc(SCC)nc(N3CCCCC3CCN=[N+]=[N-])c12. The van der Waals surface area contributed by atoms with Crippen molar-refractivity contribution in [1.29, 1.82) is 0 Å². The van der Waals surface area contributed by atoms with E-state index in [4.69, 9.17) is 28.5 Å². The first-order valence-electron chi connectivity index (χ1n) is 9.04. The second-order valence-electron chi connectivity index (χ2n) is 6.28. The fourth-order valence-corrected chi connectivity index (χ4v) is 4.18. The zero-order valence-corrected chi connectivity index (χ0v) is 17.0. The van der Waals surface area contributed by atoms with Crippen molar-refractivity contribution in [3.8, 4) is 12.3 Å². The summed E-state index contributed by atoms with van der Waals surface area (Å²) in [6.45, 7) is 3.11. The number of halogens is 2. The Kier molecular flexibility index (Phi) is 6.79. The number of hydrogen-bond donors (Lipinski definition) is 0. The first kappa shape index (κ1) is 20.5. The Morgan fingerprint density at radius 2 is 2.25 bits per heavy atom. The van der Waals surface area contributed by atoms with Gasteiger partial charge < -0.3 is 4.90 Å². The van der Waals surface area contributed by atoms with E-state index < -0.39 is 5.82 Å². The zero-order chi connectivity index (χ0) is 20.1. The number of piperidine rings is 1.